The zero-order valence-electron chi connectivity index (χ0n) is 18.4. The van der Waals surface area contributed by atoms with Crippen LogP contribution in [0.3, 0.4) is 0 Å². The van der Waals surface area contributed by atoms with E-state index in [9.17, 15) is 0 Å². The molecule has 0 amide bonds. The lowest BCUT2D eigenvalue weighted by molar-refractivity contribution is 0.247. The molecule has 1 atom stereocenters. The van der Waals surface area contributed by atoms with Crippen molar-refractivity contribution in [2.24, 2.45) is 0 Å². The molecule has 7 nitrogen and oxygen atoms in total. The average molecular weight is 424 g/mol. The quantitative estimate of drug-likeness (QED) is 0.429. The van der Waals surface area contributed by atoms with Crippen molar-refractivity contribution in [2.45, 2.75) is 26.4 Å². The van der Waals surface area contributed by atoms with E-state index in [2.05, 4.69) is 58.2 Å². The van der Waals surface area contributed by atoms with Crippen LogP contribution >= 0.6 is 0 Å². The van der Waals surface area contributed by atoms with Crippen LogP contribution in [-0.4, -0.2) is 41.5 Å². The molecule has 160 valence electrons. The Morgan fingerprint density at radius 2 is 1.84 bits per heavy atom. The lowest BCUT2D eigenvalue weighted by atomic mass is 10.1. The molecular weight excluding hydrogens is 398 g/mol. The van der Waals surface area contributed by atoms with E-state index in [1.54, 1.807) is 10.8 Å². The summed E-state index contributed by atoms with van der Waals surface area (Å²) in [5.41, 5.74) is 6.64. The Morgan fingerprint density at radius 1 is 1.00 bits per heavy atom. The highest BCUT2D eigenvalue weighted by atomic mass is 15.3. The van der Waals surface area contributed by atoms with Crippen LogP contribution in [0, 0.1) is 6.92 Å². The van der Waals surface area contributed by atoms with Crippen molar-refractivity contribution in [3.05, 3.63) is 90.3 Å². The highest BCUT2D eigenvalue weighted by Crippen LogP contribution is 2.30. The lowest BCUT2D eigenvalue weighted by Crippen LogP contribution is -2.22. The second-order valence-corrected chi connectivity index (χ2v) is 8.05. The van der Waals surface area contributed by atoms with Crippen molar-refractivity contribution < 1.29 is 0 Å². The molecule has 7 heteroatoms. The van der Waals surface area contributed by atoms with Crippen LogP contribution < -0.4 is 0 Å². The van der Waals surface area contributed by atoms with Crippen molar-refractivity contribution in [2.75, 3.05) is 7.05 Å². The van der Waals surface area contributed by atoms with Gasteiger partial charge in [-0.1, -0.05) is 36.4 Å². The molecular formula is C25H25N7. The van der Waals surface area contributed by atoms with E-state index in [4.69, 9.17) is 9.97 Å². The molecule has 5 rings (SSSR count). The minimum absolute atomic E-state index is 0.261. The van der Waals surface area contributed by atoms with E-state index in [0.29, 0.717) is 6.54 Å². The molecule has 0 aliphatic heterocycles. The highest BCUT2D eigenvalue weighted by molar-refractivity contribution is 5.77. The Kier molecular flexibility index (Phi) is 5.25. The Balaban J connectivity index is 1.53. The fourth-order valence-electron chi connectivity index (χ4n) is 3.89. The third-order valence-corrected chi connectivity index (χ3v) is 5.79. The molecule has 0 aliphatic rings. The predicted molar refractivity (Wildman–Crippen MR) is 125 cm³/mol. The fraction of sp³-hybridized carbons (Fsp3) is 0.200. The minimum atomic E-state index is 0.261. The Labute approximate surface area is 186 Å². The summed E-state index contributed by atoms with van der Waals surface area (Å²) in [6, 6.07) is 20.8. The van der Waals surface area contributed by atoms with Gasteiger partial charge in [-0.3, -0.25) is 9.88 Å². The molecule has 0 saturated carbocycles. The first-order chi connectivity index (χ1) is 15.6. The van der Waals surface area contributed by atoms with Crippen LogP contribution in [0.25, 0.3) is 28.3 Å². The average Bonchev–Trinajstić information content (AvgIpc) is 3.45. The number of hydrogen-bond acceptors (Lipinski definition) is 5. The van der Waals surface area contributed by atoms with E-state index in [1.165, 1.54) is 5.56 Å². The van der Waals surface area contributed by atoms with Gasteiger partial charge in [0.2, 0.25) is 0 Å². The summed E-state index contributed by atoms with van der Waals surface area (Å²) in [6.45, 7) is 4.89. The maximum Gasteiger partial charge on any atom is 0.155 e. The standard InChI is InChI=1S/C25H25N7/c1-17-8-7-11-21(28-17)25-24(20-12-13-23-26-16-27-32(23)14-20)29-22(30-25)15-31(3)18(2)19-9-5-4-6-10-19/h4-14,16,18H,15H2,1-3H3,(H,29,30)/t18-/m1/s1. The Hall–Kier alpha value is -3.84. The minimum Gasteiger partial charge on any atom is -0.339 e. The van der Waals surface area contributed by atoms with Gasteiger partial charge in [-0.2, -0.15) is 5.10 Å². The SMILES string of the molecule is Cc1cccc(-c2[nH]c(CN(C)[C@H](C)c3ccccc3)nc2-c2ccc3ncnn3c2)n1. The number of hydrogen-bond donors (Lipinski definition) is 1. The molecule has 0 spiro atoms. The molecule has 32 heavy (non-hydrogen) atoms. The molecule has 4 aromatic heterocycles. The van der Waals surface area contributed by atoms with Crippen LogP contribution in [0.2, 0.25) is 0 Å². The van der Waals surface area contributed by atoms with Crippen LogP contribution in [0.5, 0.6) is 0 Å². The van der Waals surface area contributed by atoms with Crippen molar-refractivity contribution in [1.29, 1.82) is 0 Å². The smallest absolute Gasteiger partial charge is 0.155 e. The normalized spacial score (nSPS) is 12.5. The maximum atomic E-state index is 4.99. The van der Waals surface area contributed by atoms with Crippen LogP contribution in [-0.2, 0) is 6.54 Å². The molecule has 4 heterocycles. The molecule has 0 bridgehead atoms. The van der Waals surface area contributed by atoms with Crippen LogP contribution in [0.1, 0.15) is 30.0 Å². The van der Waals surface area contributed by atoms with Gasteiger partial charge in [-0.25, -0.2) is 14.5 Å². The summed E-state index contributed by atoms with van der Waals surface area (Å²) in [5.74, 6) is 0.891. The summed E-state index contributed by atoms with van der Waals surface area (Å²) < 4.78 is 1.76. The number of fused-ring (bicyclic) bond motifs is 1. The van der Waals surface area contributed by atoms with Gasteiger partial charge in [-0.15, -0.1) is 0 Å². The number of aryl methyl sites for hydroxylation is 1. The summed E-state index contributed by atoms with van der Waals surface area (Å²) in [5, 5.41) is 4.28. The summed E-state index contributed by atoms with van der Waals surface area (Å²) in [7, 11) is 2.12. The van der Waals surface area contributed by atoms with Crippen molar-refractivity contribution in [3.8, 4) is 22.6 Å². The third kappa shape index (κ3) is 3.90. The first-order valence-corrected chi connectivity index (χ1v) is 10.7. The van der Waals surface area contributed by atoms with Gasteiger partial charge in [0.25, 0.3) is 0 Å². The zero-order chi connectivity index (χ0) is 22.1. The number of nitrogens with zero attached hydrogens (tertiary/aromatic N) is 6. The second-order valence-electron chi connectivity index (χ2n) is 8.05. The van der Waals surface area contributed by atoms with Crippen molar-refractivity contribution in [3.63, 3.8) is 0 Å². The van der Waals surface area contributed by atoms with E-state index < -0.39 is 0 Å². The number of imidazole rings is 1. The number of pyridine rings is 2. The topological polar surface area (TPSA) is 75.0 Å². The molecule has 0 unspecified atom stereocenters. The molecule has 1 N–H and O–H groups in total. The van der Waals surface area contributed by atoms with Crippen molar-refractivity contribution >= 4 is 5.65 Å². The monoisotopic (exact) mass is 423 g/mol. The largest absolute Gasteiger partial charge is 0.339 e. The number of benzene rings is 1. The van der Waals surface area contributed by atoms with E-state index in [1.807, 2.05) is 49.5 Å². The summed E-state index contributed by atoms with van der Waals surface area (Å²) in [4.78, 5) is 19.8. The van der Waals surface area contributed by atoms with Gasteiger partial charge in [0.05, 0.1) is 23.6 Å². The van der Waals surface area contributed by atoms with Crippen LogP contribution in [0.4, 0.5) is 0 Å². The lowest BCUT2D eigenvalue weighted by Gasteiger charge is -2.24. The second kappa shape index (κ2) is 8.36. The molecule has 0 radical (unpaired) electrons. The molecule has 0 aliphatic carbocycles. The Morgan fingerprint density at radius 3 is 2.66 bits per heavy atom. The molecule has 1 aromatic carbocycles. The Bertz CT molecular complexity index is 1350. The first-order valence-electron chi connectivity index (χ1n) is 10.7. The molecule has 5 aromatic rings. The van der Waals surface area contributed by atoms with Crippen LogP contribution in [0.15, 0.2) is 73.2 Å². The van der Waals surface area contributed by atoms with E-state index in [-0.39, 0.29) is 6.04 Å². The highest BCUT2D eigenvalue weighted by Gasteiger charge is 2.19. The van der Waals surface area contributed by atoms with Gasteiger partial charge < -0.3 is 4.98 Å². The molecule has 0 fully saturated rings. The number of nitrogens with one attached hydrogen (secondary N) is 1. The number of H-pyrrole nitrogens is 1. The molecule has 0 saturated heterocycles. The van der Waals surface area contributed by atoms with Gasteiger partial charge in [0, 0.05) is 23.5 Å². The summed E-state index contributed by atoms with van der Waals surface area (Å²) >= 11 is 0. The van der Waals surface area contributed by atoms with Crippen molar-refractivity contribution in [1.82, 2.24) is 34.4 Å². The number of rotatable bonds is 6. The van der Waals surface area contributed by atoms with Gasteiger partial charge in [0.1, 0.15) is 12.2 Å². The summed E-state index contributed by atoms with van der Waals surface area (Å²) in [6.07, 6.45) is 3.51. The first kappa shape index (κ1) is 20.1. The maximum absolute atomic E-state index is 4.99. The van der Waals surface area contributed by atoms with Gasteiger partial charge in [0.15, 0.2) is 5.65 Å². The number of aromatic amines is 1. The number of aromatic nitrogens is 6. The zero-order valence-corrected chi connectivity index (χ0v) is 18.4. The fourth-order valence-corrected chi connectivity index (χ4v) is 3.89. The van der Waals surface area contributed by atoms with Gasteiger partial charge >= 0.3 is 0 Å². The predicted octanol–water partition coefficient (Wildman–Crippen LogP) is 4.68. The third-order valence-electron chi connectivity index (χ3n) is 5.79. The van der Waals surface area contributed by atoms with E-state index in [0.717, 1.165) is 39.8 Å². The van der Waals surface area contributed by atoms with Gasteiger partial charge in [-0.05, 0) is 50.7 Å². The van der Waals surface area contributed by atoms with E-state index >= 15 is 0 Å².